The quantitative estimate of drug-likeness (QED) is 0.548. The summed E-state index contributed by atoms with van der Waals surface area (Å²) in [5, 5.41) is 5.10. The third-order valence-corrected chi connectivity index (χ3v) is 7.19. The predicted octanol–water partition coefficient (Wildman–Crippen LogP) is 4.24. The minimum absolute atomic E-state index is 0.00808. The molecule has 5 rings (SSSR count). The van der Waals surface area contributed by atoms with Crippen molar-refractivity contribution in [1.29, 1.82) is 0 Å². The maximum atomic E-state index is 13.4. The van der Waals surface area contributed by atoms with Gasteiger partial charge in [0, 0.05) is 57.2 Å². The Kier molecular flexibility index (Phi) is 7.09. The zero-order chi connectivity index (χ0) is 25.1. The maximum Gasteiger partial charge on any atom is 0.255 e. The molecule has 186 valence electrons. The van der Waals surface area contributed by atoms with Crippen LogP contribution >= 0.6 is 0 Å². The van der Waals surface area contributed by atoms with Crippen LogP contribution < -0.4 is 5.32 Å². The van der Waals surface area contributed by atoms with Crippen molar-refractivity contribution < 1.29 is 14.0 Å². The number of benzene rings is 2. The smallest absolute Gasteiger partial charge is 0.255 e. The molecular weight excluding hydrogens is 455 g/mol. The molecule has 1 aromatic heterocycles. The van der Waals surface area contributed by atoms with E-state index in [2.05, 4.69) is 21.3 Å². The highest BCUT2D eigenvalue weighted by molar-refractivity contribution is 5.95. The first kappa shape index (κ1) is 24.1. The molecule has 2 amide bonds. The zero-order valence-corrected chi connectivity index (χ0v) is 20.5. The minimum atomic E-state index is -0.220. The van der Waals surface area contributed by atoms with Crippen LogP contribution in [0.2, 0.25) is 0 Å². The number of aromatic nitrogens is 1. The Hall–Kier alpha value is -3.58. The van der Waals surface area contributed by atoms with Crippen molar-refractivity contribution >= 4 is 22.6 Å². The van der Waals surface area contributed by atoms with E-state index in [4.69, 9.17) is 0 Å². The number of hydrogen-bond donors (Lipinski definition) is 1. The first-order valence-electron chi connectivity index (χ1n) is 12.5. The maximum absolute atomic E-state index is 13.4. The van der Waals surface area contributed by atoms with E-state index in [9.17, 15) is 14.0 Å². The highest BCUT2D eigenvalue weighted by Crippen LogP contribution is 2.21. The summed E-state index contributed by atoms with van der Waals surface area (Å²) in [6, 6.07) is 13.0. The molecule has 0 radical (unpaired) electrons. The highest BCUT2D eigenvalue weighted by Gasteiger charge is 2.25. The first-order valence-corrected chi connectivity index (χ1v) is 12.5. The van der Waals surface area contributed by atoms with E-state index in [1.165, 1.54) is 11.6 Å². The van der Waals surface area contributed by atoms with Gasteiger partial charge in [-0.3, -0.25) is 19.5 Å². The molecule has 2 fully saturated rings. The van der Waals surface area contributed by atoms with E-state index in [0.29, 0.717) is 31.5 Å². The predicted molar refractivity (Wildman–Crippen MR) is 138 cm³/mol. The number of piperidine rings is 1. The molecule has 0 spiro atoms. The standard InChI is InChI=1S/C29H31FN4O2/c1-20-6-10-31-17-27(20)29(36)34-12-7-21(8-13-34)15-28(35)32-26-9-11-33(19-26)18-22-2-3-24-16-25(30)5-4-23(24)14-22/h2-6,10,14-17,26H,7-9,11-13,18-19H2,1H3,(H,32,35)/t26-/m1/s1. The number of carbonyl (C=O) groups excluding carboxylic acids is 2. The van der Waals surface area contributed by atoms with E-state index in [-0.39, 0.29) is 23.7 Å². The van der Waals surface area contributed by atoms with Crippen LogP contribution in [0.3, 0.4) is 0 Å². The molecule has 2 aromatic carbocycles. The van der Waals surface area contributed by atoms with Crippen LogP contribution in [0.15, 0.2) is 66.5 Å². The summed E-state index contributed by atoms with van der Waals surface area (Å²) in [4.78, 5) is 33.7. The van der Waals surface area contributed by atoms with Gasteiger partial charge >= 0.3 is 0 Å². The van der Waals surface area contributed by atoms with Crippen LogP contribution in [0, 0.1) is 12.7 Å². The lowest BCUT2D eigenvalue weighted by Crippen LogP contribution is -2.38. The molecule has 3 aromatic rings. The molecule has 0 aliphatic carbocycles. The molecule has 36 heavy (non-hydrogen) atoms. The second kappa shape index (κ2) is 10.6. The van der Waals surface area contributed by atoms with Gasteiger partial charge in [-0.2, -0.15) is 0 Å². The summed E-state index contributed by atoms with van der Waals surface area (Å²) in [5.41, 5.74) is 3.84. The number of likely N-dealkylation sites (tertiary alicyclic amines) is 2. The monoisotopic (exact) mass is 486 g/mol. The van der Waals surface area contributed by atoms with Gasteiger partial charge in [0.15, 0.2) is 0 Å². The number of halogens is 1. The first-order chi connectivity index (χ1) is 17.4. The molecule has 0 bridgehead atoms. The number of rotatable bonds is 5. The largest absolute Gasteiger partial charge is 0.348 e. The lowest BCUT2D eigenvalue weighted by Gasteiger charge is -2.29. The number of hydrogen-bond acceptors (Lipinski definition) is 4. The molecule has 7 heteroatoms. The lowest BCUT2D eigenvalue weighted by molar-refractivity contribution is -0.117. The van der Waals surface area contributed by atoms with Gasteiger partial charge in [0.1, 0.15) is 5.82 Å². The summed E-state index contributed by atoms with van der Waals surface area (Å²) in [5.74, 6) is -0.261. The fourth-order valence-corrected chi connectivity index (χ4v) is 5.14. The fraction of sp³-hybridized carbons (Fsp3) is 0.345. The molecule has 2 aliphatic heterocycles. The number of amides is 2. The number of aryl methyl sites for hydroxylation is 1. The normalized spacial score (nSPS) is 18.4. The Balaban J connectivity index is 1.10. The number of fused-ring (bicyclic) bond motifs is 1. The van der Waals surface area contributed by atoms with Crippen molar-refractivity contribution in [3.8, 4) is 0 Å². The van der Waals surface area contributed by atoms with E-state index in [0.717, 1.165) is 48.0 Å². The van der Waals surface area contributed by atoms with Gasteiger partial charge in [-0.1, -0.05) is 23.8 Å². The van der Waals surface area contributed by atoms with Crippen molar-refractivity contribution in [3.63, 3.8) is 0 Å². The van der Waals surface area contributed by atoms with Gasteiger partial charge in [0.25, 0.3) is 5.91 Å². The Bertz CT molecular complexity index is 1310. The van der Waals surface area contributed by atoms with Crippen molar-refractivity contribution in [3.05, 3.63) is 89.0 Å². The summed E-state index contributed by atoms with van der Waals surface area (Å²) >= 11 is 0. The van der Waals surface area contributed by atoms with Crippen molar-refractivity contribution in [2.75, 3.05) is 26.2 Å². The molecule has 2 aliphatic rings. The highest BCUT2D eigenvalue weighted by atomic mass is 19.1. The van der Waals surface area contributed by atoms with Gasteiger partial charge in [-0.15, -0.1) is 0 Å². The average molecular weight is 487 g/mol. The Morgan fingerprint density at radius 2 is 1.86 bits per heavy atom. The van der Waals surface area contributed by atoms with Crippen LogP contribution in [-0.2, 0) is 11.3 Å². The van der Waals surface area contributed by atoms with Crippen LogP contribution in [0.25, 0.3) is 10.8 Å². The zero-order valence-electron chi connectivity index (χ0n) is 20.5. The second-order valence-corrected chi connectivity index (χ2v) is 9.84. The van der Waals surface area contributed by atoms with Gasteiger partial charge in [0.05, 0.1) is 5.56 Å². The molecule has 1 N–H and O–H groups in total. The van der Waals surface area contributed by atoms with Gasteiger partial charge < -0.3 is 10.2 Å². The van der Waals surface area contributed by atoms with Crippen molar-refractivity contribution in [2.45, 2.75) is 38.8 Å². The van der Waals surface area contributed by atoms with Gasteiger partial charge in [-0.05, 0) is 72.4 Å². The lowest BCUT2D eigenvalue weighted by atomic mass is 10.0. The molecule has 3 heterocycles. The third-order valence-electron chi connectivity index (χ3n) is 7.19. The topological polar surface area (TPSA) is 65.5 Å². The number of carbonyl (C=O) groups is 2. The SMILES string of the molecule is Cc1ccncc1C(=O)N1CCC(=CC(=O)N[C@@H]2CCN(Cc3ccc4cc(F)ccc4c3)C2)CC1. The second-order valence-electron chi connectivity index (χ2n) is 9.84. The Morgan fingerprint density at radius 3 is 2.67 bits per heavy atom. The summed E-state index contributed by atoms with van der Waals surface area (Å²) in [6.07, 6.45) is 7.38. The molecule has 1 atom stereocenters. The van der Waals surface area contributed by atoms with Gasteiger partial charge in [0.2, 0.25) is 5.91 Å². The average Bonchev–Trinajstić information content (AvgIpc) is 3.30. The van der Waals surface area contributed by atoms with E-state index >= 15 is 0 Å². The summed E-state index contributed by atoms with van der Waals surface area (Å²) < 4.78 is 13.4. The van der Waals surface area contributed by atoms with E-state index in [1.807, 2.05) is 36.1 Å². The molecule has 0 saturated carbocycles. The summed E-state index contributed by atoms with van der Waals surface area (Å²) in [7, 11) is 0. The van der Waals surface area contributed by atoms with Crippen LogP contribution in [0.5, 0.6) is 0 Å². The molecule has 6 nitrogen and oxygen atoms in total. The molecular formula is C29H31FN4O2. The van der Waals surface area contributed by atoms with E-state index < -0.39 is 0 Å². The van der Waals surface area contributed by atoms with Crippen molar-refractivity contribution in [2.24, 2.45) is 0 Å². The number of nitrogens with zero attached hydrogens (tertiary/aromatic N) is 3. The van der Waals surface area contributed by atoms with Crippen LogP contribution in [-0.4, -0.2) is 58.8 Å². The third kappa shape index (κ3) is 5.62. The number of nitrogens with one attached hydrogen (secondary N) is 1. The van der Waals surface area contributed by atoms with Crippen molar-refractivity contribution in [1.82, 2.24) is 20.1 Å². The fourth-order valence-electron chi connectivity index (χ4n) is 5.14. The summed E-state index contributed by atoms with van der Waals surface area (Å²) in [6.45, 7) is 5.69. The minimum Gasteiger partial charge on any atom is -0.348 e. The molecule has 2 saturated heterocycles. The van der Waals surface area contributed by atoms with Crippen LogP contribution in [0.1, 0.15) is 40.7 Å². The van der Waals surface area contributed by atoms with Crippen LogP contribution in [0.4, 0.5) is 4.39 Å². The van der Waals surface area contributed by atoms with E-state index in [1.54, 1.807) is 24.5 Å². The molecule has 0 unspecified atom stereocenters. The number of pyridine rings is 1. The van der Waals surface area contributed by atoms with Gasteiger partial charge in [-0.25, -0.2) is 4.39 Å². The Morgan fingerprint density at radius 1 is 1.08 bits per heavy atom. The Labute approximate surface area is 210 Å².